The second kappa shape index (κ2) is 12.7. The Kier molecular flexibility index (Phi) is 10.7. The number of rotatable bonds is 11. The van der Waals surface area contributed by atoms with Crippen LogP contribution in [0.5, 0.6) is 0 Å². The van der Waals surface area contributed by atoms with Gasteiger partial charge in [-0.15, -0.1) is 0 Å². The Hall–Kier alpha value is -3.06. The predicted molar refractivity (Wildman–Crippen MR) is 135 cm³/mol. The van der Waals surface area contributed by atoms with Crippen LogP contribution in [0, 0.1) is 6.92 Å². The molecule has 176 valence electrons. The molecule has 6 N–H and O–H groups in total. The van der Waals surface area contributed by atoms with E-state index < -0.39 is 0 Å². The summed E-state index contributed by atoms with van der Waals surface area (Å²) in [6.07, 6.45) is 3.69. The van der Waals surface area contributed by atoms with Crippen molar-refractivity contribution in [3.63, 3.8) is 0 Å². The molecule has 0 saturated heterocycles. The molecule has 32 heavy (non-hydrogen) atoms. The summed E-state index contributed by atoms with van der Waals surface area (Å²) in [5.74, 6) is 0.994. The summed E-state index contributed by atoms with van der Waals surface area (Å²) < 4.78 is 5.95. The fraction of sp³-hybridized carbons (Fsp3) is 0.440. The zero-order valence-corrected chi connectivity index (χ0v) is 20.4. The van der Waals surface area contributed by atoms with E-state index in [2.05, 4.69) is 18.5 Å². The van der Waals surface area contributed by atoms with Gasteiger partial charge in [-0.25, -0.2) is 4.99 Å². The fourth-order valence-electron chi connectivity index (χ4n) is 3.41. The normalized spacial score (nSPS) is 13.7. The SMILES string of the molecule is C=C(N)c1cc(C)c(C(C)/C(=C\C=C(/C)C(=O)N(CC)CC)OCC)cc1N=C(N)CN. The van der Waals surface area contributed by atoms with Gasteiger partial charge in [0.25, 0.3) is 0 Å². The first-order chi connectivity index (χ1) is 15.1. The quantitative estimate of drug-likeness (QED) is 0.159. The van der Waals surface area contributed by atoms with E-state index >= 15 is 0 Å². The Bertz CT molecular complexity index is 911. The monoisotopic (exact) mass is 441 g/mol. The van der Waals surface area contributed by atoms with E-state index in [0.717, 1.165) is 22.4 Å². The summed E-state index contributed by atoms with van der Waals surface area (Å²) >= 11 is 0. The molecule has 1 aromatic carbocycles. The standard InChI is InChI=1S/C25H39N5O2/c1-8-30(9-2)25(31)16(4)11-12-23(32-10-3)18(6)20-14-22(29-24(28)15-26)21(19(7)27)13-17(20)5/h11-14,18H,7-10,15,26-27H2,1-6H3,(H2,28,29)/b16-11+,23-12+. The van der Waals surface area contributed by atoms with Gasteiger partial charge in [0.05, 0.1) is 18.8 Å². The van der Waals surface area contributed by atoms with E-state index in [4.69, 9.17) is 21.9 Å². The third kappa shape index (κ3) is 6.99. The maximum atomic E-state index is 12.6. The van der Waals surface area contributed by atoms with Crippen molar-refractivity contribution < 1.29 is 9.53 Å². The van der Waals surface area contributed by atoms with Gasteiger partial charge in [0.1, 0.15) is 11.6 Å². The van der Waals surface area contributed by atoms with Crippen LogP contribution in [0.1, 0.15) is 57.2 Å². The Labute approximate surface area is 192 Å². The molecule has 7 heteroatoms. The van der Waals surface area contributed by atoms with Crippen LogP contribution in [0.4, 0.5) is 5.69 Å². The number of allylic oxidation sites excluding steroid dienone is 3. The zero-order chi connectivity index (χ0) is 24.4. The van der Waals surface area contributed by atoms with Gasteiger partial charge in [-0.05, 0) is 64.0 Å². The molecule has 0 aromatic heterocycles. The second-order valence-corrected chi connectivity index (χ2v) is 7.61. The lowest BCUT2D eigenvalue weighted by molar-refractivity contribution is -0.126. The first-order valence-corrected chi connectivity index (χ1v) is 11.0. The zero-order valence-electron chi connectivity index (χ0n) is 20.4. The van der Waals surface area contributed by atoms with E-state index in [1.807, 2.05) is 58.9 Å². The molecule has 1 unspecified atom stereocenters. The van der Waals surface area contributed by atoms with Crippen LogP contribution >= 0.6 is 0 Å². The molecule has 0 aliphatic heterocycles. The number of ether oxygens (including phenoxy) is 1. The molecule has 1 amide bonds. The van der Waals surface area contributed by atoms with Crippen molar-refractivity contribution in [2.24, 2.45) is 22.2 Å². The molecule has 1 aromatic rings. The topological polar surface area (TPSA) is 120 Å². The number of carbonyl (C=O) groups excluding carboxylic acids is 1. The van der Waals surface area contributed by atoms with Crippen molar-refractivity contribution in [2.75, 3.05) is 26.2 Å². The van der Waals surface area contributed by atoms with Gasteiger partial charge in [0, 0.05) is 35.8 Å². The van der Waals surface area contributed by atoms with Gasteiger partial charge in [-0.3, -0.25) is 4.79 Å². The van der Waals surface area contributed by atoms with Gasteiger partial charge >= 0.3 is 0 Å². The van der Waals surface area contributed by atoms with Gasteiger partial charge in [-0.1, -0.05) is 19.6 Å². The van der Waals surface area contributed by atoms with Gasteiger partial charge in [-0.2, -0.15) is 0 Å². The average Bonchev–Trinajstić information content (AvgIpc) is 2.77. The molecule has 0 heterocycles. The van der Waals surface area contributed by atoms with Crippen molar-refractivity contribution >= 4 is 23.1 Å². The van der Waals surface area contributed by atoms with Crippen LogP contribution in [0.15, 0.2) is 47.2 Å². The Morgan fingerprint density at radius 1 is 1.22 bits per heavy atom. The summed E-state index contributed by atoms with van der Waals surface area (Å²) in [7, 11) is 0. The highest BCUT2D eigenvalue weighted by Crippen LogP contribution is 2.34. The van der Waals surface area contributed by atoms with E-state index in [1.165, 1.54) is 0 Å². The molecule has 0 radical (unpaired) electrons. The molecule has 1 rings (SSSR count). The molecule has 0 bridgehead atoms. The molecule has 1 atom stereocenters. The number of likely N-dealkylation sites (N-methyl/N-ethyl adjacent to an activating group) is 1. The van der Waals surface area contributed by atoms with E-state index in [9.17, 15) is 4.79 Å². The van der Waals surface area contributed by atoms with Crippen LogP contribution in [0.3, 0.4) is 0 Å². The largest absolute Gasteiger partial charge is 0.498 e. The van der Waals surface area contributed by atoms with Gasteiger partial charge in [0.15, 0.2) is 0 Å². The smallest absolute Gasteiger partial charge is 0.249 e. The van der Waals surface area contributed by atoms with E-state index in [0.29, 0.717) is 42.5 Å². The lowest BCUT2D eigenvalue weighted by Gasteiger charge is -2.21. The molecular formula is C25H39N5O2. The summed E-state index contributed by atoms with van der Waals surface area (Å²) in [5.41, 5.74) is 21.9. The lowest BCUT2D eigenvalue weighted by atomic mass is 9.91. The van der Waals surface area contributed by atoms with Crippen LogP contribution < -0.4 is 17.2 Å². The molecule has 0 saturated carbocycles. The highest BCUT2D eigenvalue weighted by atomic mass is 16.5. The highest BCUT2D eigenvalue weighted by Gasteiger charge is 2.18. The third-order valence-corrected chi connectivity index (χ3v) is 5.29. The number of hydrogen-bond donors (Lipinski definition) is 3. The van der Waals surface area contributed by atoms with Gasteiger partial charge < -0.3 is 26.8 Å². The minimum atomic E-state index is -0.0873. The maximum Gasteiger partial charge on any atom is 0.249 e. The Balaban J connectivity index is 3.47. The summed E-state index contributed by atoms with van der Waals surface area (Å²) in [4.78, 5) is 18.8. The Morgan fingerprint density at radius 2 is 1.84 bits per heavy atom. The average molecular weight is 442 g/mol. The number of carbonyl (C=O) groups is 1. The first-order valence-electron chi connectivity index (χ1n) is 11.0. The van der Waals surface area contributed by atoms with Crippen LogP contribution in [-0.2, 0) is 9.53 Å². The predicted octanol–water partition coefficient (Wildman–Crippen LogP) is 3.71. The second-order valence-electron chi connectivity index (χ2n) is 7.61. The number of benzene rings is 1. The number of amides is 1. The minimum absolute atomic E-state index is 0.0191. The summed E-state index contributed by atoms with van der Waals surface area (Å²) in [6, 6.07) is 3.89. The van der Waals surface area contributed by atoms with Crippen molar-refractivity contribution in [3.8, 4) is 0 Å². The van der Waals surface area contributed by atoms with E-state index in [1.54, 1.807) is 4.90 Å². The fourth-order valence-corrected chi connectivity index (χ4v) is 3.41. The molecular weight excluding hydrogens is 402 g/mol. The maximum absolute atomic E-state index is 12.6. The lowest BCUT2D eigenvalue weighted by Crippen LogP contribution is -2.30. The number of hydrogen-bond acceptors (Lipinski definition) is 5. The van der Waals surface area contributed by atoms with Crippen molar-refractivity contribution in [1.82, 2.24) is 4.90 Å². The number of amidine groups is 1. The van der Waals surface area contributed by atoms with Crippen molar-refractivity contribution in [1.29, 1.82) is 0 Å². The van der Waals surface area contributed by atoms with Crippen LogP contribution in [0.25, 0.3) is 5.70 Å². The molecule has 0 spiro atoms. The number of nitrogens with two attached hydrogens (primary N) is 3. The molecule has 0 aliphatic carbocycles. The number of aliphatic imine (C=N–C) groups is 1. The molecule has 0 aliphatic rings. The van der Waals surface area contributed by atoms with Crippen molar-refractivity contribution in [2.45, 2.75) is 47.5 Å². The van der Waals surface area contributed by atoms with Crippen LogP contribution in [-0.4, -0.2) is 42.9 Å². The molecule has 0 fully saturated rings. The summed E-state index contributed by atoms with van der Waals surface area (Å²) in [5, 5.41) is 0. The molecule has 7 nitrogen and oxygen atoms in total. The van der Waals surface area contributed by atoms with Crippen LogP contribution in [0.2, 0.25) is 0 Å². The Morgan fingerprint density at radius 3 is 2.34 bits per heavy atom. The summed E-state index contributed by atoms with van der Waals surface area (Å²) in [6.45, 7) is 17.6. The van der Waals surface area contributed by atoms with Gasteiger partial charge in [0.2, 0.25) is 5.91 Å². The minimum Gasteiger partial charge on any atom is -0.498 e. The third-order valence-electron chi connectivity index (χ3n) is 5.29. The first kappa shape index (κ1) is 27.0. The highest BCUT2D eigenvalue weighted by molar-refractivity contribution is 5.93. The van der Waals surface area contributed by atoms with Crippen molar-refractivity contribution in [3.05, 3.63) is 58.9 Å². The van der Waals surface area contributed by atoms with E-state index in [-0.39, 0.29) is 18.4 Å². The number of nitrogens with zero attached hydrogens (tertiary/aromatic N) is 2. The number of aryl methyl sites for hydroxylation is 1.